The van der Waals surface area contributed by atoms with E-state index in [4.69, 9.17) is 9.47 Å². The summed E-state index contributed by atoms with van der Waals surface area (Å²) in [5.74, 6) is -0.667. The fourth-order valence-electron chi connectivity index (χ4n) is 5.45. The molecule has 0 N–H and O–H groups in total. The lowest BCUT2D eigenvalue weighted by molar-refractivity contribution is -0.148. The predicted molar refractivity (Wildman–Crippen MR) is 149 cm³/mol. The molecular weight excluding hydrogens is 476 g/mol. The second-order valence-corrected chi connectivity index (χ2v) is 9.25. The molecule has 0 aliphatic carbocycles. The molecule has 0 saturated carbocycles. The third-order valence-corrected chi connectivity index (χ3v) is 6.95. The summed E-state index contributed by atoms with van der Waals surface area (Å²) in [6, 6.07) is 33.1. The summed E-state index contributed by atoms with van der Waals surface area (Å²) in [4.78, 5) is 31.0. The van der Waals surface area contributed by atoms with Crippen LogP contribution < -0.4 is 4.90 Å². The van der Waals surface area contributed by atoms with E-state index in [1.165, 1.54) is 0 Å². The molecule has 1 aliphatic rings. The summed E-state index contributed by atoms with van der Waals surface area (Å²) in [7, 11) is 0. The quantitative estimate of drug-likeness (QED) is 0.276. The zero-order chi connectivity index (χ0) is 26.5. The number of anilines is 1. The molecule has 5 rings (SSSR count). The number of carbonyl (C=O) groups is 2. The van der Waals surface area contributed by atoms with Crippen LogP contribution in [0.4, 0.5) is 5.69 Å². The van der Waals surface area contributed by atoms with Gasteiger partial charge >= 0.3 is 11.9 Å². The SMILES string of the molecule is CCOC(=O)CN1[C@H](c2ccccc2)[C@H](C(=O)OCC)N(c2ccc3ccccc3c2)[C@@H]1c1ccccc1. The highest BCUT2D eigenvalue weighted by Crippen LogP contribution is 2.48. The van der Waals surface area contributed by atoms with Crippen LogP contribution in [0.2, 0.25) is 0 Å². The lowest BCUT2D eigenvalue weighted by Gasteiger charge is -2.33. The standard InChI is InChI=1S/C32H32N2O4/c1-3-37-28(35)22-33-29(24-14-7-5-8-15-24)30(32(36)38-4-2)34(31(33)25-16-9-6-10-17-25)27-20-19-23-13-11-12-18-26(23)21-27/h5-21,29-31H,3-4,22H2,1-2H3/t29-,30-,31-/m1/s1. The smallest absolute Gasteiger partial charge is 0.330 e. The highest BCUT2D eigenvalue weighted by Gasteiger charge is 2.53. The number of rotatable bonds is 8. The Morgan fingerprint density at radius 2 is 1.32 bits per heavy atom. The van der Waals surface area contributed by atoms with Crippen LogP contribution in [0.25, 0.3) is 10.8 Å². The van der Waals surface area contributed by atoms with Crippen LogP contribution in [0.5, 0.6) is 0 Å². The molecule has 0 aromatic heterocycles. The van der Waals surface area contributed by atoms with Gasteiger partial charge in [-0.3, -0.25) is 9.69 Å². The van der Waals surface area contributed by atoms with Crippen LogP contribution in [0.15, 0.2) is 103 Å². The van der Waals surface area contributed by atoms with Gasteiger partial charge in [0, 0.05) is 5.69 Å². The molecule has 0 radical (unpaired) electrons. The second-order valence-electron chi connectivity index (χ2n) is 9.25. The predicted octanol–water partition coefficient (Wildman–Crippen LogP) is 5.90. The van der Waals surface area contributed by atoms with Crippen molar-refractivity contribution in [2.24, 2.45) is 0 Å². The average Bonchev–Trinajstić information content (AvgIpc) is 3.28. The van der Waals surface area contributed by atoms with Gasteiger partial charge in [0.25, 0.3) is 0 Å². The van der Waals surface area contributed by atoms with Gasteiger partial charge in [0.2, 0.25) is 0 Å². The van der Waals surface area contributed by atoms with Gasteiger partial charge in [-0.05, 0) is 47.9 Å². The van der Waals surface area contributed by atoms with Crippen molar-refractivity contribution in [1.29, 1.82) is 0 Å². The fraction of sp³-hybridized carbons (Fsp3) is 0.250. The Kier molecular flexibility index (Phi) is 7.70. The summed E-state index contributed by atoms with van der Waals surface area (Å²) in [5, 5.41) is 2.18. The van der Waals surface area contributed by atoms with Crippen LogP contribution in [0, 0.1) is 0 Å². The van der Waals surface area contributed by atoms with Crippen molar-refractivity contribution >= 4 is 28.4 Å². The molecule has 1 fully saturated rings. The molecule has 0 bridgehead atoms. The minimum Gasteiger partial charge on any atom is -0.465 e. The topological polar surface area (TPSA) is 59.1 Å². The molecular formula is C32H32N2O4. The minimum absolute atomic E-state index is 0.0208. The molecule has 1 aliphatic heterocycles. The summed E-state index contributed by atoms with van der Waals surface area (Å²) in [6.07, 6.45) is -0.415. The highest BCUT2D eigenvalue weighted by atomic mass is 16.5. The zero-order valence-corrected chi connectivity index (χ0v) is 21.7. The van der Waals surface area contributed by atoms with E-state index in [0.717, 1.165) is 27.6 Å². The molecule has 1 heterocycles. The molecule has 0 unspecified atom stereocenters. The van der Waals surface area contributed by atoms with Crippen molar-refractivity contribution in [2.45, 2.75) is 32.1 Å². The van der Waals surface area contributed by atoms with Gasteiger partial charge in [-0.2, -0.15) is 0 Å². The number of nitrogens with zero attached hydrogens (tertiary/aromatic N) is 2. The summed E-state index contributed by atoms with van der Waals surface area (Å²) in [6.45, 7) is 4.18. The van der Waals surface area contributed by atoms with Crippen LogP contribution in [-0.2, 0) is 19.1 Å². The number of ether oxygens (including phenoxy) is 2. The monoisotopic (exact) mass is 508 g/mol. The first-order chi connectivity index (χ1) is 18.6. The van der Waals surface area contributed by atoms with E-state index < -0.39 is 18.2 Å². The van der Waals surface area contributed by atoms with Crippen LogP contribution in [0.1, 0.15) is 37.2 Å². The normalized spacial score (nSPS) is 19.4. The van der Waals surface area contributed by atoms with E-state index in [0.29, 0.717) is 0 Å². The molecule has 6 heteroatoms. The highest BCUT2D eigenvalue weighted by molar-refractivity contribution is 5.89. The minimum atomic E-state index is -0.696. The molecule has 4 aromatic carbocycles. The van der Waals surface area contributed by atoms with Gasteiger partial charge in [0.15, 0.2) is 0 Å². The maximum atomic E-state index is 13.8. The van der Waals surface area contributed by atoms with Crippen LogP contribution in [-0.4, -0.2) is 42.6 Å². The molecule has 3 atom stereocenters. The molecule has 1 saturated heterocycles. The number of hydrogen-bond acceptors (Lipinski definition) is 6. The van der Waals surface area contributed by atoms with Crippen molar-refractivity contribution in [2.75, 3.05) is 24.7 Å². The Morgan fingerprint density at radius 3 is 1.97 bits per heavy atom. The van der Waals surface area contributed by atoms with E-state index in [1.807, 2.05) is 85.8 Å². The maximum Gasteiger partial charge on any atom is 0.330 e. The average molecular weight is 509 g/mol. The summed E-state index contributed by atoms with van der Waals surface area (Å²) in [5.41, 5.74) is 2.78. The largest absolute Gasteiger partial charge is 0.465 e. The fourth-order valence-corrected chi connectivity index (χ4v) is 5.45. The Bertz CT molecular complexity index is 1390. The van der Waals surface area contributed by atoms with E-state index in [2.05, 4.69) is 34.1 Å². The van der Waals surface area contributed by atoms with Gasteiger partial charge < -0.3 is 14.4 Å². The first-order valence-electron chi connectivity index (χ1n) is 13.1. The van der Waals surface area contributed by atoms with E-state index in [-0.39, 0.29) is 31.7 Å². The molecule has 4 aromatic rings. The number of carbonyl (C=O) groups excluding carboxylic acids is 2. The van der Waals surface area contributed by atoms with E-state index >= 15 is 0 Å². The van der Waals surface area contributed by atoms with Crippen molar-refractivity contribution in [3.05, 3.63) is 114 Å². The molecule has 38 heavy (non-hydrogen) atoms. The van der Waals surface area contributed by atoms with Crippen molar-refractivity contribution in [1.82, 2.24) is 4.90 Å². The molecule has 0 spiro atoms. The lowest BCUT2D eigenvalue weighted by Crippen LogP contribution is -2.41. The third kappa shape index (κ3) is 5.00. The third-order valence-electron chi connectivity index (χ3n) is 6.95. The second kappa shape index (κ2) is 11.5. The maximum absolute atomic E-state index is 13.8. The van der Waals surface area contributed by atoms with Gasteiger partial charge in [0.1, 0.15) is 12.2 Å². The first kappa shape index (κ1) is 25.5. The van der Waals surface area contributed by atoms with Crippen molar-refractivity contribution in [3.63, 3.8) is 0 Å². The Balaban J connectivity index is 1.75. The Morgan fingerprint density at radius 1 is 0.711 bits per heavy atom. The van der Waals surface area contributed by atoms with Crippen LogP contribution >= 0.6 is 0 Å². The van der Waals surface area contributed by atoms with E-state index in [1.54, 1.807) is 6.92 Å². The van der Waals surface area contributed by atoms with E-state index in [9.17, 15) is 9.59 Å². The van der Waals surface area contributed by atoms with Crippen molar-refractivity contribution in [3.8, 4) is 0 Å². The number of benzene rings is 4. The lowest BCUT2D eigenvalue weighted by atomic mass is 9.98. The molecule has 194 valence electrons. The number of esters is 2. The molecule has 6 nitrogen and oxygen atoms in total. The zero-order valence-electron chi connectivity index (χ0n) is 21.7. The van der Waals surface area contributed by atoms with Gasteiger partial charge in [-0.15, -0.1) is 0 Å². The van der Waals surface area contributed by atoms with Crippen LogP contribution in [0.3, 0.4) is 0 Å². The Labute approximate surface area is 223 Å². The van der Waals surface area contributed by atoms with Gasteiger partial charge in [-0.1, -0.05) is 91.0 Å². The number of fused-ring (bicyclic) bond motifs is 1. The van der Waals surface area contributed by atoms with Gasteiger partial charge in [-0.25, -0.2) is 4.79 Å². The van der Waals surface area contributed by atoms with Gasteiger partial charge in [0.05, 0.1) is 25.8 Å². The summed E-state index contributed by atoms with van der Waals surface area (Å²) >= 11 is 0. The van der Waals surface area contributed by atoms with Crippen molar-refractivity contribution < 1.29 is 19.1 Å². The molecule has 0 amide bonds. The Hall–Kier alpha value is -4.16. The summed E-state index contributed by atoms with van der Waals surface area (Å²) < 4.78 is 11.1. The first-order valence-corrected chi connectivity index (χ1v) is 13.1. The number of hydrogen-bond donors (Lipinski definition) is 0.